The van der Waals surface area contributed by atoms with E-state index in [0.29, 0.717) is 19.8 Å². The van der Waals surface area contributed by atoms with Gasteiger partial charge in [0.1, 0.15) is 0 Å². The molecule has 16 heteroatoms. The van der Waals surface area contributed by atoms with Crippen LogP contribution in [0.1, 0.15) is 0 Å². The monoisotopic (exact) mass is 768 g/mol. The van der Waals surface area contributed by atoms with Crippen LogP contribution < -0.4 is 233 Å². The van der Waals surface area contributed by atoms with E-state index >= 15 is 0 Å². The van der Waals surface area contributed by atoms with E-state index < -0.39 is 0 Å². The molecular formula is C16H28N8O2Rb4S2. The molecule has 4 heterocycles. The summed E-state index contributed by atoms with van der Waals surface area (Å²) in [4.78, 5) is 28.9. The predicted molar refractivity (Wildman–Crippen MR) is 119 cm³/mol. The summed E-state index contributed by atoms with van der Waals surface area (Å²) in [7, 11) is 7.58. The third-order valence-electron chi connectivity index (χ3n) is 3.81. The molecule has 4 aliphatic heterocycles. The van der Waals surface area contributed by atoms with Crippen molar-refractivity contribution in [2.45, 2.75) is 0 Å². The summed E-state index contributed by atoms with van der Waals surface area (Å²) in [6.45, 7) is 6.09. The molecule has 0 atom stereocenters. The van der Waals surface area contributed by atoms with Gasteiger partial charge in [0.25, 0.3) is 0 Å². The Morgan fingerprint density at radius 1 is 0.688 bits per heavy atom. The van der Waals surface area contributed by atoms with Gasteiger partial charge < -0.3 is 45.7 Å². The van der Waals surface area contributed by atoms with E-state index in [1.54, 1.807) is 11.9 Å². The fourth-order valence-electron chi connectivity index (χ4n) is 2.08. The number of hydrogen-bond acceptors (Lipinski definition) is 6. The smallest absolute Gasteiger partial charge is 0.666 e. The number of rotatable bonds is 0. The van der Waals surface area contributed by atoms with Crippen molar-refractivity contribution in [2.75, 3.05) is 80.8 Å². The predicted octanol–water partition coefficient (Wildman–Crippen LogP) is -10.6. The number of thiocarbonyl (C=S) groups is 2. The first-order valence-electron chi connectivity index (χ1n) is 8.82. The molecular weight excluding hydrogens is 742 g/mol. The second-order valence-corrected chi connectivity index (χ2v) is 7.42. The van der Waals surface area contributed by atoms with Gasteiger partial charge in [-0.25, -0.2) is 0 Å². The fraction of sp³-hybridized carbons (Fsp3) is 0.750. The number of carbonyl (C=O) groups is 2. The van der Waals surface area contributed by atoms with Crippen LogP contribution in [0.25, 0.3) is 21.3 Å². The van der Waals surface area contributed by atoms with Crippen LogP contribution in [0.15, 0.2) is 0 Å². The zero-order valence-corrected chi connectivity index (χ0v) is 42.2. The van der Waals surface area contributed by atoms with Crippen molar-refractivity contribution < 1.29 is 242 Å². The molecule has 32 heavy (non-hydrogen) atoms. The van der Waals surface area contributed by atoms with Crippen molar-refractivity contribution in [2.24, 2.45) is 0 Å². The van der Waals surface area contributed by atoms with E-state index in [1.165, 1.54) is 0 Å². The first kappa shape index (κ1) is 44.5. The molecule has 4 fully saturated rings. The molecule has 0 unspecified atom stereocenters. The first-order chi connectivity index (χ1) is 13.2. The zero-order valence-electron chi connectivity index (χ0n) is 20.9. The molecule has 0 radical (unpaired) electrons. The second-order valence-electron chi connectivity index (χ2n) is 6.59. The standard InChI is InChI=1S/2C4H8N2O.2C4H8N2S.4Rb/c1-6-2-4(7)5-3-6;1-6-3-2-5-4(6)7;1-6-2-4(7)5-3-6;1-6-3-2-5-4(6)7;;;;/h4*2-3H2,1H3,(H,5,7);;;;/q;;;;4*+1/p-4. The van der Waals surface area contributed by atoms with Crippen molar-refractivity contribution in [3.05, 3.63) is 21.3 Å². The summed E-state index contributed by atoms with van der Waals surface area (Å²) in [5.41, 5.74) is 0. The molecule has 4 saturated heterocycles. The molecule has 160 valence electrons. The number of amides is 3. The van der Waals surface area contributed by atoms with Gasteiger partial charge in [-0.2, -0.15) is 0 Å². The van der Waals surface area contributed by atoms with Crippen LogP contribution in [0.5, 0.6) is 0 Å². The number of nitrogens with zero attached hydrogens (tertiary/aromatic N) is 8. The maximum atomic E-state index is 10.3. The molecule has 4 rings (SSSR count). The van der Waals surface area contributed by atoms with Crippen LogP contribution in [0, 0.1) is 0 Å². The Balaban J connectivity index is -0.000000157. The topological polar surface area (TPSA) is 104 Å². The second kappa shape index (κ2) is 26.7. The zero-order chi connectivity index (χ0) is 21.1. The molecule has 10 nitrogen and oxygen atoms in total. The summed E-state index contributed by atoms with van der Waals surface area (Å²) >= 11 is 9.59. The third kappa shape index (κ3) is 22.3. The normalized spacial score (nSPS) is 18.8. The molecule has 4 aliphatic rings. The van der Waals surface area contributed by atoms with E-state index in [1.807, 2.05) is 30.9 Å². The maximum Gasteiger partial charge on any atom is 1.00 e. The van der Waals surface area contributed by atoms with Crippen LogP contribution in [-0.2, 0) is 4.79 Å². The number of likely N-dealkylation sites (N-methyl/N-ethyl adjacent to an activating group) is 4. The van der Waals surface area contributed by atoms with E-state index in [9.17, 15) is 9.59 Å². The molecule has 0 aromatic carbocycles. The van der Waals surface area contributed by atoms with Gasteiger partial charge in [0.2, 0.25) is 0 Å². The molecule has 0 saturated carbocycles. The van der Waals surface area contributed by atoms with E-state index in [4.69, 9.17) is 24.4 Å². The van der Waals surface area contributed by atoms with Gasteiger partial charge in [0, 0.05) is 18.2 Å². The van der Waals surface area contributed by atoms with Crippen molar-refractivity contribution in [1.29, 1.82) is 0 Å². The quantitative estimate of drug-likeness (QED) is 0.226. The molecule has 0 N–H and O–H groups in total. The van der Waals surface area contributed by atoms with Crippen molar-refractivity contribution >= 4 is 46.5 Å². The van der Waals surface area contributed by atoms with Gasteiger partial charge in [-0.1, -0.05) is 57.7 Å². The Labute approximate surface area is 399 Å². The summed E-state index contributed by atoms with van der Waals surface area (Å²) in [6.07, 6.45) is 0. The maximum absolute atomic E-state index is 10.3. The Bertz CT molecular complexity index is 532. The first-order valence-corrected chi connectivity index (χ1v) is 9.63. The van der Waals surface area contributed by atoms with Gasteiger partial charge in [-0.15, -0.1) is 12.2 Å². The van der Waals surface area contributed by atoms with Gasteiger partial charge in [0.15, 0.2) is 6.03 Å². The molecule has 0 bridgehead atoms. The Kier molecular flexibility index (Phi) is 37.1. The average Bonchev–Trinajstić information content (AvgIpc) is 3.39. The van der Waals surface area contributed by atoms with Gasteiger partial charge >= 0.3 is 233 Å². The number of urea groups is 1. The van der Waals surface area contributed by atoms with E-state index in [-0.39, 0.29) is 245 Å². The Hall–Kier alpha value is 5.46. The van der Waals surface area contributed by atoms with E-state index in [0.717, 1.165) is 42.9 Å². The molecule has 3 amide bonds. The summed E-state index contributed by atoms with van der Waals surface area (Å²) in [6, 6.07) is -0.0833. The largest absolute Gasteiger partial charge is 1.00 e. The van der Waals surface area contributed by atoms with Crippen LogP contribution >= 0.6 is 24.4 Å². The fourth-order valence-corrected chi connectivity index (χ4v) is 2.55. The Morgan fingerprint density at radius 3 is 1.31 bits per heavy atom. The summed E-state index contributed by atoms with van der Waals surface area (Å²) in [5.74, 6) is 0.00231. The van der Waals surface area contributed by atoms with Gasteiger partial charge in [-0.3, -0.25) is 4.79 Å². The number of carbonyl (C=O) groups excluding carboxylic acids is 2. The van der Waals surface area contributed by atoms with Crippen LogP contribution in [0.4, 0.5) is 4.79 Å². The molecule has 0 aliphatic carbocycles. The van der Waals surface area contributed by atoms with Crippen LogP contribution in [0.3, 0.4) is 0 Å². The summed E-state index contributed by atoms with van der Waals surface area (Å²) in [5, 5.41) is 15.9. The minimum atomic E-state index is -0.0833. The average molecular weight is 770 g/mol. The van der Waals surface area contributed by atoms with Crippen LogP contribution in [0.2, 0.25) is 0 Å². The molecule has 0 spiro atoms. The van der Waals surface area contributed by atoms with E-state index in [2.05, 4.69) is 26.2 Å². The van der Waals surface area contributed by atoms with Crippen LogP contribution in [-0.4, -0.2) is 122 Å². The molecule has 0 aromatic heterocycles. The van der Waals surface area contributed by atoms with Gasteiger partial charge in [0.05, 0.1) is 5.91 Å². The summed E-state index contributed by atoms with van der Waals surface area (Å²) < 4.78 is 0. The Morgan fingerprint density at radius 2 is 1.19 bits per heavy atom. The number of hydrogen-bond donors (Lipinski definition) is 0. The third-order valence-corrected chi connectivity index (χ3v) is 4.50. The van der Waals surface area contributed by atoms with Gasteiger partial charge in [-0.05, 0) is 27.2 Å². The molecule has 0 aromatic rings. The van der Waals surface area contributed by atoms with Crippen molar-refractivity contribution in [1.82, 2.24) is 19.6 Å². The van der Waals surface area contributed by atoms with Crippen molar-refractivity contribution in [3.8, 4) is 0 Å². The van der Waals surface area contributed by atoms with Crippen molar-refractivity contribution in [3.63, 3.8) is 0 Å². The minimum Gasteiger partial charge on any atom is -0.666 e. The minimum absolute atomic E-state index is 0. The SMILES string of the molecule is CN1CC[N-]C1=O.CN1CC[N-]C1=S.CN1C[N-]C(=O)C1.CN1C[N-]C(=S)C1.[Rb+].[Rb+].[Rb+].[Rb+].